The molecule has 0 spiro atoms. The number of nitrogens with one attached hydrogen (secondary N) is 2. The maximum Gasteiger partial charge on any atom is 0.224 e. The first-order valence-corrected chi connectivity index (χ1v) is 8.12. The van der Waals surface area contributed by atoms with Crippen molar-refractivity contribution in [2.75, 3.05) is 13.7 Å². The van der Waals surface area contributed by atoms with E-state index in [2.05, 4.69) is 41.5 Å². The van der Waals surface area contributed by atoms with E-state index in [4.69, 9.17) is 4.74 Å². The van der Waals surface area contributed by atoms with Gasteiger partial charge in [0.25, 0.3) is 0 Å². The second-order valence-electron chi connectivity index (χ2n) is 6.00. The summed E-state index contributed by atoms with van der Waals surface area (Å²) in [5.74, 6) is 0.841. The van der Waals surface area contributed by atoms with E-state index < -0.39 is 0 Å². The fourth-order valence-electron chi connectivity index (χ4n) is 2.82. The van der Waals surface area contributed by atoms with E-state index in [-0.39, 0.29) is 5.91 Å². The van der Waals surface area contributed by atoms with Crippen LogP contribution in [0.2, 0.25) is 0 Å². The number of aromatic amines is 1. The first kappa shape index (κ1) is 16.1. The van der Waals surface area contributed by atoms with Gasteiger partial charge in [0.1, 0.15) is 5.75 Å². The van der Waals surface area contributed by atoms with Gasteiger partial charge in [0.05, 0.1) is 13.5 Å². The summed E-state index contributed by atoms with van der Waals surface area (Å²) in [5.41, 5.74) is 4.53. The zero-order chi connectivity index (χ0) is 16.9. The van der Waals surface area contributed by atoms with Crippen LogP contribution in [0.5, 0.6) is 5.75 Å². The second kappa shape index (κ2) is 7.21. The van der Waals surface area contributed by atoms with Gasteiger partial charge in [0.2, 0.25) is 5.91 Å². The molecule has 0 aliphatic heterocycles. The molecule has 1 aromatic heterocycles. The lowest BCUT2D eigenvalue weighted by molar-refractivity contribution is -0.120. The SMILES string of the molecule is COc1ccc(CC(=O)NCCc2ccc3[nH]c(C)cc3c2)cc1. The number of hydrogen-bond acceptors (Lipinski definition) is 2. The van der Waals surface area contributed by atoms with Crippen LogP contribution in [0, 0.1) is 6.92 Å². The van der Waals surface area contributed by atoms with Gasteiger partial charge in [-0.1, -0.05) is 18.2 Å². The standard InChI is InChI=1S/C20H22N2O2/c1-14-11-17-12-16(5-8-19(17)22-14)9-10-21-20(23)13-15-3-6-18(24-2)7-4-15/h3-8,11-12,22H,9-10,13H2,1-2H3,(H,21,23). The van der Waals surface area contributed by atoms with E-state index in [1.165, 1.54) is 10.9 Å². The fraction of sp³-hybridized carbons (Fsp3) is 0.250. The van der Waals surface area contributed by atoms with Gasteiger partial charge in [-0.15, -0.1) is 0 Å². The molecular weight excluding hydrogens is 300 g/mol. The molecule has 0 saturated heterocycles. The average Bonchev–Trinajstić information content (AvgIpc) is 2.95. The van der Waals surface area contributed by atoms with Crippen LogP contribution in [-0.4, -0.2) is 24.5 Å². The molecule has 0 fully saturated rings. The van der Waals surface area contributed by atoms with Crippen LogP contribution < -0.4 is 10.1 Å². The summed E-state index contributed by atoms with van der Waals surface area (Å²) in [6.07, 6.45) is 1.22. The topological polar surface area (TPSA) is 54.1 Å². The molecule has 0 saturated carbocycles. The molecule has 0 atom stereocenters. The maximum absolute atomic E-state index is 12.0. The summed E-state index contributed by atoms with van der Waals surface area (Å²) in [6.45, 7) is 2.70. The van der Waals surface area contributed by atoms with Gasteiger partial charge in [-0.05, 0) is 60.2 Å². The summed E-state index contributed by atoms with van der Waals surface area (Å²) < 4.78 is 5.12. The molecule has 3 rings (SSSR count). The van der Waals surface area contributed by atoms with Crippen molar-refractivity contribution in [2.45, 2.75) is 19.8 Å². The molecule has 4 heteroatoms. The van der Waals surface area contributed by atoms with Gasteiger partial charge in [-0.2, -0.15) is 0 Å². The second-order valence-corrected chi connectivity index (χ2v) is 6.00. The van der Waals surface area contributed by atoms with Gasteiger partial charge in [0.15, 0.2) is 0 Å². The lowest BCUT2D eigenvalue weighted by atomic mass is 10.1. The number of H-pyrrole nitrogens is 1. The number of benzene rings is 2. The van der Waals surface area contributed by atoms with E-state index in [1.807, 2.05) is 24.3 Å². The number of carbonyl (C=O) groups is 1. The fourth-order valence-corrected chi connectivity index (χ4v) is 2.82. The van der Waals surface area contributed by atoms with Crippen LogP contribution >= 0.6 is 0 Å². The highest BCUT2D eigenvalue weighted by molar-refractivity contribution is 5.81. The highest BCUT2D eigenvalue weighted by Gasteiger charge is 2.04. The van der Waals surface area contributed by atoms with Gasteiger partial charge in [-0.3, -0.25) is 4.79 Å². The Morgan fingerprint density at radius 3 is 2.58 bits per heavy atom. The molecular formula is C20H22N2O2. The van der Waals surface area contributed by atoms with Gasteiger partial charge >= 0.3 is 0 Å². The number of carbonyl (C=O) groups excluding carboxylic acids is 1. The average molecular weight is 322 g/mol. The largest absolute Gasteiger partial charge is 0.497 e. The molecule has 0 radical (unpaired) electrons. The van der Waals surface area contributed by atoms with Gasteiger partial charge in [0, 0.05) is 17.8 Å². The Hall–Kier alpha value is -2.75. The molecule has 2 N–H and O–H groups in total. The minimum atomic E-state index is 0.0405. The van der Waals surface area contributed by atoms with Crippen molar-refractivity contribution in [1.29, 1.82) is 0 Å². The third-order valence-corrected chi connectivity index (χ3v) is 4.08. The number of amides is 1. The van der Waals surface area contributed by atoms with Gasteiger partial charge in [-0.25, -0.2) is 0 Å². The number of rotatable bonds is 6. The zero-order valence-electron chi connectivity index (χ0n) is 14.1. The van der Waals surface area contributed by atoms with Crippen molar-refractivity contribution in [3.63, 3.8) is 0 Å². The van der Waals surface area contributed by atoms with Crippen molar-refractivity contribution in [3.05, 3.63) is 65.4 Å². The van der Waals surface area contributed by atoms with E-state index in [9.17, 15) is 4.79 Å². The molecule has 0 unspecified atom stereocenters. The molecule has 4 nitrogen and oxygen atoms in total. The molecule has 2 aromatic carbocycles. The van der Waals surface area contributed by atoms with Crippen molar-refractivity contribution in [1.82, 2.24) is 10.3 Å². The summed E-state index contributed by atoms with van der Waals surface area (Å²) in [4.78, 5) is 15.3. The van der Waals surface area contributed by atoms with Gasteiger partial charge < -0.3 is 15.0 Å². The minimum absolute atomic E-state index is 0.0405. The normalized spacial score (nSPS) is 10.8. The number of methoxy groups -OCH3 is 1. The Kier molecular flexibility index (Phi) is 4.85. The molecule has 1 amide bonds. The minimum Gasteiger partial charge on any atom is -0.497 e. The lowest BCUT2D eigenvalue weighted by Gasteiger charge is -2.06. The molecule has 24 heavy (non-hydrogen) atoms. The highest BCUT2D eigenvalue weighted by atomic mass is 16.5. The van der Waals surface area contributed by atoms with Crippen LogP contribution in [-0.2, 0) is 17.6 Å². The number of fused-ring (bicyclic) bond motifs is 1. The summed E-state index contributed by atoms with van der Waals surface area (Å²) >= 11 is 0. The Morgan fingerprint density at radius 1 is 1.08 bits per heavy atom. The maximum atomic E-state index is 12.0. The molecule has 124 valence electrons. The van der Waals surface area contributed by atoms with Crippen LogP contribution in [0.4, 0.5) is 0 Å². The summed E-state index contributed by atoms with van der Waals surface area (Å²) in [5, 5.41) is 4.20. The predicted octanol–water partition coefficient (Wildman–Crippen LogP) is 3.39. The summed E-state index contributed by atoms with van der Waals surface area (Å²) in [6, 6.07) is 16.1. The van der Waals surface area contributed by atoms with E-state index in [0.29, 0.717) is 13.0 Å². The first-order valence-electron chi connectivity index (χ1n) is 8.12. The van der Waals surface area contributed by atoms with Crippen LogP contribution in [0.25, 0.3) is 10.9 Å². The number of hydrogen-bond donors (Lipinski definition) is 2. The highest BCUT2D eigenvalue weighted by Crippen LogP contribution is 2.17. The number of aryl methyl sites for hydroxylation is 1. The molecule has 3 aromatic rings. The zero-order valence-corrected chi connectivity index (χ0v) is 14.1. The lowest BCUT2D eigenvalue weighted by Crippen LogP contribution is -2.27. The Labute approximate surface area is 141 Å². The Balaban J connectivity index is 1.50. The van der Waals surface area contributed by atoms with Crippen LogP contribution in [0.15, 0.2) is 48.5 Å². The number of ether oxygens (including phenoxy) is 1. The van der Waals surface area contributed by atoms with E-state index in [1.54, 1.807) is 7.11 Å². The first-order chi connectivity index (χ1) is 11.6. The van der Waals surface area contributed by atoms with Crippen molar-refractivity contribution >= 4 is 16.8 Å². The molecule has 0 aliphatic rings. The smallest absolute Gasteiger partial charge is 0.224 e. The molecule has 0 bridgehead atoms. The van der Waals surface area contributed by atoms with Crippen molar-refractivity contribution in [2.24, 2.45) is 0 Å². The monoisotopic (exact) mass is 322 g/mol. The van der Waals surface area contributed by atoms with Crippen LogP contribution in [0.3, 0.4) is 0 Å². The predicted molar refractivity (Wildman–Crippen MR) is 96.4 cm³/mol. The van der Waals surface area contributed by atoms with Crippen molar-refractivity contribution < 1.29 is 9.53 Å². The Bertz CT molecular complexity index is 834. The quantitative estimate of drug-likeness (QED) is 0.731. The Morgan fingerprint density at radius 2 is 1.83 bits per heavy atom. The van der Waals surface area contributed by atoms with E-state index in [0.717, 1.165) is 28.9 Å². The summed E-state index contributed by atoms with van der Waals surface area (Å²) in [7, 11) is 1.63. The van der Waals surface area contributed by atoms with E-state index >= 15 is 0 Å². The molecule has 0 aliphatic carbocycles. The third kappa shape index (κ3) is 3.96. The van der Waals surface area contributed by atoms with Crippen LogP contribution in [0.1, 0.15) is 16.8 Å². The number of aromatic nitrogens is 1. The van der Waals surface area contributed by atoms with Crippen molar-refractivity contribution in [3.8, 4) is 5.75 Å². The molecule has 1 heterocycles. The third-order valence-electron chi connectivity index (χ3n) is 4.08.